The molecule has 0 aliphatic carbocycles. The minimum atomic E-state index is -0.432. The van der Waals surface area contributed by atoms with E-state index in [2.05, 4.69) is 26.5 Å². The number of aliphatic hydroxyl groups is 1. The van der Waals surface area contributed by atoms with Crippen molar-refractivity contribution < 1.29 is 14.6 Å². The number of hydrogen-bond donors (Lipinski definition) is 3. The molecule has 2 aliphatic heterocycles. The fourth-order valence-electron chi connectivity index (χ4n) is 4.18. The first kappa shape index (κ1) is 20.5. The molecule has 2 aliphatic rings. The van der Waals surface area contributed by atoms with Crippen LogP contribution in [0.3, 0.4) is 0 Å². The zero-order valence-corrected chi connectivity index (χ0v) is 17.4. The largest absolute Gasteiger partial charge is 0.497 e. The zero-order valence-electron chi connectivity index (χ0n) is 17.4. The first-order chi connectivity index (χ1) is 14.6. The predicted octanol–water partition coefficient (Wildman–Crippen LogP) is 2.17. The molecular formula is C23H30N4O3. The maximum atomic E-state index is 11.7. The van der Waals surface area contributed by atoms with Crippen LogP contribution in [0, 0.1) is 0 Å². The van der Waals surface area contributed by atoms with Crippen molar-refractivity contribution in [2.75, 3.05) is 61.9 Å². The van der Waals surface area contributed by atoms with Gasteiger partial charge in [0.1, 0.15) is 5.75 Å². The molecule has 2 heterocycles. The number of fused-ring (bicyclic) bond motifs is 1. The van der Waals surface area contributed by atoms with E-state index in [1.165, 1.54) is 11.3 Å². The molecule has 1 amide bonds. The lowest BCUT2D eigenvalue weighted by Crippen LogP contribution is -2.49. The third-order valence-electron chi connectivity index (χ3n) is 5.84. The maximum Gasteiger partial charge on any atom is 0.224 e. The van der Waals surface area contributed by atoms with Crippen LogP contribution >= 0.6 is 0 Å². The van der Waals surface area contributed by atoms with Gasteiger partial charge in [-0.05, 0) is 48.4 Å². The summed E-state index contributed by atoms with van der Waals surface area (Å²) in [6.45, 7) is 4.83. The van der Waals surface area contributed by atoms with Crippen molar-refractivity contribution in [1.29, 1.82) is 0 Å². The Balaban J connectivity index is 1.25. The number of amides is 1. The lowest BCUT2D eigenvalue weighted by molar-refractivity contribution is -0.116. The summed E-state index contributed by atoms with van der Waals surface area (Å²) in [5, 5.41) is 16.7. The van der Waals surface area contributed by atoms with Crippen LogP contribution in [0.25, 0.3) is 0 Å². The molecule has 0 spiro atoms. The molecule has 1 saturated heterocycles. The van der Waals surface area contributed by atoms with Crippen LogP contribution in [0.4, 0.5) is 17.1 Å². The first-order valence-electron chi connectivity index (χ1n) is 10.6. The summed E-state index contributed by atoms with van der Waals surface area (Å²) >= 11 is 0. The highest BCUT2D eigenvalue weighted by atomic mass is 16.5. The molecule has 0 saturated carbocycles. The van der Waals surface area contributed by atoms with Crippen LogP contribution in [-0.4, -0.2) is 68.4 Å². The number of aliphatic hydroxyl groups excluding tert-OH is 1. The van der Waals surface area contributed by atoms with Crippen molar-refractivity contribution in [3.63, 3.8) is 0 Å². The molecule has 160 valence electrons. The average Bonchev–Trinajstić information content (AvgIpc) is 2.78. The molecular weight excluding hydrogens is 380 g/mol. The Morgan fingerprint density at radius 3 is 2.60 bits per heavy atom. The van der Waals surface area contributed by atoms with Crippen molar-refractivity contribution in [2.24, 2.45) is 0 Å². The highest BCUT2D eigenvalue weighted by Crippen LogP contribution is 2.32. The van der Waals surface area contributed by atoms with Crippen LogP contribution in [0.5, 0.6) is 5.75 Å². The maximum absolute atomic E-state index is 11.7. The Labute approximate surface area is 177 Å². The highest BCUT2D eigenvalue weighted by molar-refractivity contribution is 5.95. The van der Waals surface area contributed by atoms with Gasteiger partial charge in [-0.2, -0.15) is 0 Å². The Morgan fingerprint density at radius 2 is 1.87 bits per heavy atom. The topological polar surface area (TPSA) is 77.1 Å². The molecule has 2 aromatic rings. The second-order valence-electron chi connectivity index (χ2n) is 7.90. The lowest BCUT2D eigenvalue weighted by Gasteiger charge is -2.38. The van der Waals surface area contributed by atoms with Crippen LogP contribution < -0.4 is 20.3 Å². The number of carbonyl (C=O) groups excluding carboxylic acids is 1. The van der Waals surface area contributed by atoms with E-state index in [1.54, 1.807) is 7.11 Å². The molecule has 0 radical (unpaired) electrons. The number of nitrogens with one attached hydrogen (secondary N) is 2. The van der Waals surface area contributed by atoms with Crippen LogP contribution in [0.1, 0.15) is 12.0 Å². The molecule has 3 N–H and O–H groups in total. The van der Waals surface area contributed by atoms with Gasteiger partial charge in [0.15, 0.2) is 0 Å². The molecule has 1 atom stereocenters. The molecule has 1 fully saturated rings. The van der Waals surface area contributed by atoms with Crippen molar-refractivity contribution in [2.45, 2.75) is 18.9 Å². The molecule has 0 bridgehead atoms. The van der Waals surface area contributed by atoms with Crippen LogP contribution in [0.15, 0.2) is 42.5 Å². The Bertz CT molecular complexity index is 863. The van der Waals surface area contributed by atoms with E-state index < -0.39 is 6.10 Å². The molecule has 4 rings (SSSR count). The van der Waals surface area contributed by atoms with E-state index in [9.17, 15) is 9.90 Å². The minimum Gasteiger partial charge on any atom is -0.497 e. The van der Waals surface area contributed by atoms with Gasteiger partial charge in [-0.1, -0.05) is 6.07 Å². The third kappa shape index (κ3) is 4.86. The van der Waals surface area contributed by atoms with E-state index >= 15 is 0 Å². The van der Waals surface area contributed by atoms with E-state index in [4.69, 9.17) is 4.74 Å². The molecule has 30 heavy (non-hydrogen) atoms. The van der Waals surface area contributed by atoms with Crippen molar-refractivity contribution in [3.8, 4) is 5.75 Å². The van der Waals surface area contributed by atoms with Gasteiger partial charge in [0.05, 0.1) is 13.2 Å². The van der Waals surface area contributed by atoms with Crippen molar-refractivity contribution in [3.05, 3.63) is 48.0 Å². The van der Waals surface area contributed by atoms with Gasteiger partial charge in [-0.25, -0.2) is 0 Å². The fraction of sp³-hybridized carbons (Fsp3) is 0.435. The van der Waals surface area contributed by atoms with Gasteiger partial charge in [0, 0.05) is 62.8 Å². The number of β-amino-alcohol motifs (C(OH)–C–C–N with tert-alkyl or cyclic N) is 1. The second kappa shape index (κ2) is 9.36. The number of carbonyl (C=O) groups is 1. The number of benzene rings is 2. The van der Waals surface area contributed by atoms with Crippen LogP contribution in [-0.2, 0) is 11.2 Å². The smallest absolute Gasteiger partial charge is 0.224 e. The molecule has 0 unspecified atom stereocenters. The van der Waals surface area contributed by atoms with Gasteiger partial charge in [-0.3, -0.25) is 9.69 Å². The van der Waals surface area contributed by atoms with Crippen molar-refractivity contribution >= 4 is 23.0 Å². The van der Waals surface area contributed by atoms with Gasteiger partial charge in [0.25, 0.3) is 0 Å². The lowest BCUT2D eigenvalue weighted by atomic mass is 10.00. The summed E-state index contributed by atoms with van der Waals surface area (Å²) in [4.78, 5) is 16.4. The summed E-state index contributed by atoms with van der Waals surface area (Å²) in [6.07, 6.45) is 0.920. The zero-order chi connectivity index (χ0) is 20.9. The first-order valence-corrected chi connectivity index (χ1v) is 10.6. The third-order valence-corrected chi connectivity index (χ3v) is 5.84. The number of hydrogen-bond acceptors (Lipinski definition) is 6. The van der Waals surface area contributed by atoms with Gasteiger partial charge < -0.3 is 25.4 Å². The summed E-state index contributed by atoms with van der Waals surface area (Å²) in [5.41, 5.74) is 4.40. The molecule has 0 aromatic heterocycles. The second-order valence-corrected chi connectivity index (χ2v) is 7.90. The summed E-state index contributed by atoms with van der Waals surface area (Å²) < 4.78 is 5.17. The van der Waals surface area contributed by atoms with E-state index in [0.29, 0.717) is 19.5 Å². The molecule has 7 nitrogen and oxygen atoms in total. The quantitative estimate of drug-likeness (QED) is 0.650. The highest BCUT2D eigenvalue weighted by Gasteiger charge is 2.24. The number of piperazine rings is 1. The monoisotopic (exact) mass is 410 g/mol. The van der Waals surface area contributed by atoms with Gasteiger partial charge >= 0.3 is 0 Å². The Hall–Kier alpha value is -2.77. The standard InChI is InChI=1S/C23H30N4O3/c1-30-19-7-5-17(6-8-19)24-15-18(28)16-26-11-13-27(14-12-26)22-4-2-3-21-20(22)9-10-23(29)25-21/h2-8,18,24,28H,9-16H2,1H3,(H,25,29)/t18-/m0/s1. The fourth-order valence-corrected chi connectivity index (χ4v) is 4.18. The number of anilines is 3. The van der Waals surface area contributed by atoms with Gasteiger partial charge in [-0.15, -0.1) is 0 Å². The summed E-state index contributed by atoms with van der Waals surface area (Å²) in [7, 11) is 1.65. The summed E-state index contributed by atoms with van der Waals surface area (Å²) in [5.74, 6) is 0.919. The Kier molecular flexibility index (Phi) is 6.40. The normalized spacial score (nSPS) is 17.8. The Morgan fingerprint density at radius 1 is 1.10 bits per heavy atom. The SMILES string of the molecule is COc1ccc(NC[C@H](O)CN2CCN(c3cccc4c3CCC(=O)N4)CC2)cc1. The van der Waals surface area contributed by atoms with Gasteiger partial charge in [0.2, 0.25) is 5.91 Å². The number of ether oxygens (including phenoxy) is 1. The number of rotatable bonds is 7. The predicted molar refractivity (Wildman–Crippen MR) is 120 cm³/mol. The van der Waals surface area contributed by atoms with E-state index in [1.807, 2.05) is 36.4 Å². The van der Waals surface area contributed by atoms with Crippen molar-refractivity contribution in [1.82, 2.24) is 4.90 Å². The molecule has 7 heteroatoms. The summed E-state index contributed by atoms with van der Waals surface area (Å²) in [6, 6.07) is 13.9. The van der Waals surface area contributed by atoms with E-state index in [-0.39, 0.29) is 5.91 Å². The van der Waals surface area contributed by atoms with Crippen LogP contribution in [0.2, 0.25) is 0 Å². The average molecular weight is 411 g/mol. The minimum absolute atomic E-state index is 0.0988. The van der Waals surface area contributed by atoms with E-state index in [0.717, 1.165) is 49.7 Å². The number of methoxy groups -OCH3 is 1. The number of nitrogens with zero attached hydrogens (tertiary/aromatic N) is 2. The molecule has 2 aromatic carbocycles.